The molecular formula is C20H16ClN3O5. The summed E-state index contributed by atoms with van der Waals surface area (Å²) >= 11 is 6.11. The summed E-state index contributed by atoms with van der Waals surface area (Å²) in [6, 6.07) is 15.9. The first-order valence-electron chi connectivity index (χ1n) is 8.54. The molecule has 0 atom stereocenters. The fourth-order valence-corrected chi connectivity index (χ4v) is 2.82. The maximum Gasteiger partial charge on any atom is 0.318 e. The predicted octanol–water partition coefficient (Wildman–Crippen LogP) is 5.87. The van der Waals surface area contributed by atoms with Crippen molar-refractivity contribution in [3.8, 4) is 11.5 Å². The van der Waals surface area contributed by atoms with Crippen LogP contribution in [0.2, 0.25) is 5.02 Å². The number of rotatable bonds is 7. The molecule has 1 N–H and O–H groups in total. The Morgan fingerprint density at radius 3 is 2.38 bits per heavy atom. The number of hydrogen-bond acceptors (Lipinski definition) is 6. The van der Waals surface area contributed by atoms with Crippen molar-refractivity contribution < 1.29 is 14.6 Å². The molecular weight excluding hydrogens is 398 g/mol. The molecule has 8 nitrogen and oxygen atoms in total. The minimum absolute atomic E-state index is 0.0685. The van der Waals surface area contributed by atoms with Gasteiger partial charge in [0, 0.05) is 23.3 Å². The van der Waals surface area contributed by atoms with Crippen LogP contribution in [0, 0.1) is 27.2 Å². The van der Waals surface area contributed by atoms with Crippen molar-refractivity contribution >= 4 is 28.7 Å². The predicted molar refractivity (Wildman–Crippen MR) is 110 cm³/mol. The van der Waals surface area contributed by atoms with Crippen LogP contribution in [0.25, 0.3) is 0 Å². The molecule has 3 aromatic carbocycles. The highest BCUT2D eigenvalue weighted by Crippen LogP contribution is 2.34. The Labute approximate surface area is 171 Å². The zero-order valence-corrected chi connectivity index (χ0v) is 16.1. The number of nitro groups is 2. The minimum atomic E-state index is -0.714. The average molecular weight is 414 g/mol. The molecule has 3 aromatic rings. The minimum Gasteiger partial charge on any atom is -0.450 e. The number of ether oxygens (including phenoxy) is 1. The monoisotopic (exact) mass is 413 g/mol. The van der Waals surface area contributed by atoms with E-state index in [1.807, 2.05) is 37.3 Å². The van der Waals surface area contributed by atoms with Crippen LogP contribution < -0.4 is 10.1 Å². The molecule has 0 aliphatic rings. The van der Waals surface area contributed by atoms with Crippen molar-refractivity contribution in [1.82, 2.24) is 0 Å². The maximum absolute atomic E-state index is 11.2. The number of non-ortho nitro benzene ring substituents is 1. The van der Waals surface area contributed by atoms with E-state index in [1.165, 1.54) is 6.07 Å². The lowest BCUT2D eigenvalue weighted by atomic mass is 10.1. The molecule has 0 amide bonds. The number of hydrogen-bond donors (Lipinski definition) is 1. The van der Waals surface area contributed by atoms with E-state index < -0.39 is 15.5 Å². The van der Waals surface area contributed by atoms with E-state index in [4.69, 9.17) is 16.3 Å². The van der Waals surface area contributed by atoms with Gasteiger partial charge in [0.15, 0.2) is 0 Å². The van der Waals surface area contributed by atoms with E-state index >= 15 is 0 Å². The number of benzene rings is 3. The third-order valence-corrected chi connectivity index (χ3v) is 4.66. The van der Waals surface area contributed by atoms with E-state index in [1.54, 1.807) is 12.1 Å². The molecule has 0 saturated carbocycles. The van der Waals surface area contributed by atoms with Crippen LogP contribution in [-0.2, 0) is 6.54 Å². The summed E-state index contributed by atoms with van der Waals surface area (Å²) < 4.78 is 5.56. The van der Waals surface area contributed by atoms with Gasteiger partial charge in [-0.1, -0.05) is 29.8 Å². The Morgan fingerprint density at radius 2 is 1.72 bits per heavy atom. The highest BCUT2D eigenvalue weighted by Gasteiger charge is 2.21. The fraction of sp³-hybridized carbons (Fsp3) is 0.100. The smallest absolute Gasteiger partial charge is 0.318 e. The van der Waals surface area contributed by atoms with Crippen molar-refractivity contribution in [2.45, 2.75) is 13.5 Å². The number of nitrogens with zero attached hydrogens (tertiary/aromatic N) is 2. The Balaban J connectivity index is 1.71. The van der Waals surface area contributed by atoms with Gasteiger partial charge in [0.25, 0.3) is 5.69 Å². The normalized spacial score (nSPS) is 10.4. The van der Waals surface area contributed by atoms with E-state index in [-0.39, 0.29) is 11.4 Å². The number of nitrogens with one attached hydrogen (secondary N) is 1. The number of halogens is 1. The first-order valence-corrected chi connectivity index (χ1v) is 8.91. The highest BCUT2D eigenvalue weighted by atomic mass is 35.5. The van der Waals surface area contributed by atoms with Crippen molar-refractivity contribution in [3.63, 3.8) is 0 Å². The van der Waals surface area contributed by atoms with Gasteiger partial charge < -0.3 is 10.1 Å². The maximum atomic E-state index is 11.2. The zero-order chi connectivity index (χ0) is 21.0. The summed E-state index contributed by atoms with van der Waals surface area (Å²) in [5.74, 6) is 0.311. The summed E-state index contributed by atoms with van der Waals surface area (Å²) in [7, 11) is 0. The largest absolute Gasteiger partial charge is 0.450 e. The van der Waals surface area contributed by atoms with Gasteiger partial charge in [-0.2, -0.15) is 0 Å². The lowest BCUT2D eigenvalue weighted by Gasteiger charge is -2.11. The average Bonchev–Trinajstić information content (AvgIpc) is 2.70. The molecule has 3 rings (SSSR count). The SMILES string of the molecule is Cc1c(Cl)cccc1NCc1ccc(Oc2ccc([N+](=O)[O-])cc2[N+](=O)[O-])cc1. The van der Waals surface area contributed by atoms with Crippen LogP contribution in [0.1, 0.15) is 11.1 Å². The van der Waals surface area contributed by atoms with Crippen LogP contribution in [0.3, 0.4) is 0 Å². The van der Waals surface area contributed by atoms with Gasteiger partial charge in [-0.05, 0) is 48.4 Å². The van der Waals surface area contributed by atoms with Crippen molar-refractivity contribution in [1.29, 1.82) is 0 Å². The molecule has 0 bridgehead atoms. The van der Waals surface area contributed by atoms with E-state index in [0.29, 0.717) is 17.3 Å². The highest BCUT2D eigenvalue weighted by molar-refractivity contribution is 6.31. The molecule has 148 valence electrons. The molecule has 9 heteroatoms. The third kappa shape index (κ3) is 4.80. The van der Waals surface area contributed by atoms with E-state index in [0.717, 1.165) is 28.9 Å². The van der Waals surface area contributed by atoms with Crippen LogP contribution in [-0.4, -0.2) is 9.85 Å². The van der Waals surface area contributed by atoms with Crippen LogP contribution in [0.4, 0.5) is 17.1 Å². The second-order valence-corrected chi connectivity index (χ2v) is 6.59. The molecule has 0 unspecified atom stereocenters. The quantitative estimate of drug-likeness (QED) is 0.383. The first-order chi connectivity index (χ1) is 13.8. The van der Waals surface area contributed by atoms with Gasteiger partial charge in [0.2, 0.25) is 5.75 Å². The third-order valence-electron chi connectivity index (χ3n) is 4.25. The van der Waals surface area contributed by atoms with E-state index in [2.05, 4.69) is 5.32 Å². The van der Waals surface area contributed by atoms with Crippen molar-refractivity contribution in [2.24, 2.45) is 0 Å². The topological polar surface area (TPSA) is 108 Å². The van der Waals surface area contributed by atoms with Crippen LogP contribution in [0.5, 0.6) is 11.5 Å². The van der Waals surface area contributed by atoms with Gasteiger partial charge in [-0.25, -0.2) is 0 Å². The standard InChI is InChI=1S/C20H16ClN3O5/c1-13-17(21)3-2-4-18(13)22-12-14-5-8-16(9-6-14)29-20-10-7-15(23(25)26)11-19(20)24(27)28/h2-11,22H,12H2,1H3. The Bertz CT molecular complexity index is 1070. The lowest BCUT2D eigenvalue weighted by Crippen LogP contribution is -2.01. The molecule has 0 heterocycles. The Morgan fingerprint density at radius 1 is 1.00 bits per heavy atom. The zero-order valence-electron chi connectivity index (χ0n) is 15.3. The molecule has 0 radical (unpaired) electrons. The Kier molecular flexibility index (Phi) is 5.94. The summed E-state index contributed by atoms with van der Waals surface area (Å²) in [5, 5.41) is 26.0. The summed E-state index contributed by atoms with van der Waals surface area (Å²) in [5.41, 5.74) is 2.01. The van der Waals surface area contributed by atoms with Crippen molar-refractivity contribution in [3.05, 3.63) is 97.0 Å². The fourth-order valence-electron chi connectivity index (χ4n) is 2.65. The van der Waals surface area contributed by atoms with E-state index in [9.17, 15) is 20.2 Å². The first kappa shape index (κ1) is 20.1. The van der Waals surface area contributed by atoms with Gasteiger partial charge in [-0.15, -0.1) is 0 Å². The molecule has 0 aliphatic carbocycles. The summed E-state index contributed by atoms with van der Waals surface area (Å²) in [6.07, 6.45) is 0. The molecule has 0 aromatic heterocycles. The molecule has 0 saturated heterocycles. The Hall–Kier alpha value is -3.65. The molecule has 0 fully saturated rings. The van der Waals surface area contributed by atoms with Gasteiger partial charge >= 0.3 is 5.69 Å². The van der Waals surface area contributed by atoms with Gasteiger partial charge in [-0.3, -0.25) is 20.2 Å². The van der Waals surface area contributed by atoms with Gasteiger partial charge in [0.05, 0.1) is 15.9 Å². The summed E-state index contributed by atoms with van der Waals surface area (Å²) in [6.45, 7) is 2.48. The molecule has 0 spiro atoms. The molecule has 29 heavy (non-hydrogen) atoms. The number of nitro benzene ring substituents is 2. The van der Waals surface area contributed by atoms with Crippen molar-refractivity contribution in [2.75, 3.05) is 5.32 Å². The van der Waals surface area contributed by atoms with Crippen LogP contribution in [0.15, 0.2) is 60.7 Å². The van der Waals surface area contributed by atoms with Gasteiger partial charge in [0.1, 0.15) is 5.75 Å². The molecule has 0 aliphatic heterocycles. The summed E-state index contributed by atoms with van der Waals surface area (Å²) in [4.78, 5) is 20.6. The lowest BCUT2D eigenvalue weighted by molar-refractivity contribution is -0.394. The second-order valence-electron chi connectivity index (χ2n) is 6.18. The van der Waals surface area contributed by atoms with Crippen LogP contribution >= 0.6 is 11.6 Å². The second kappa shape index (κ2) is 8.57. The number of anilines is 1.